The van der Waals surface area contributed by atoms with Crippen LogP contribution in [0.15, 0.2) is 18.2 Å². The summed E-state index contributed by atoms with van der Waals surface area (Å²) in [6, 6.07) is 1.16. The van der Waals surface area contributed by atoms with Gasteiger partial charge < -0.3 is 35.0 Å². The molecule has 2 rings (SSSR count). The summed E-state index contributed by atoms with van der Waals surface area (Å²) in [6.45, 7) is 13.3. The Morgan fingerprint density at radius 3 is 2.06 bits per heavy atom. The molecule has 1 aliphatic heterocycles. The lowest BCUT2D eigenvalue weighted by Gasteiger charge is -2.41. The Hall–Kier alpha value is -3.20. The maximum Gasteiger partial charge on any atom is 0.245 e. The fourth-order valence-corrected chi connectivity index (χ4v) is 7.65. The first kappa shape index (κ1) is 46.0. The molecule has 9 atom stereocenters. The van der Waals surface area contributed by atoms with E-state index in [1.54, 1.807) is 18.9 Å². The Kier molecular flexibility index (Phi) is 18.2. The lowest BCUT2D eigenvalue weighted by atomic mass is 9.89. The third-order valence-corrected chi connectivity index (χ3v) is 10.7. The van der Waals surface area contributed by atoms with E-state index in [-0.39, 0.29) is 73.4 Å². The first-order valence-corrected chi connectivity index (χ1v) is 18.8. The number of carbonyl (C=O) groups is 4. The Labute approximate surface area is 315 Å². The summed E-state index contributed by atoms with van der Waals surface area (Å²) >= 11 is 0. The number of carbonyl (C=O) groups excluding carboxylic acids is 4. The van der Waals surface area contributed by atoms with Gasteiger partial charge in [-0.05, 0) is 56.8 Å². The van der Waals surface area contributed by atoms with Gasteiger partial charge >= 0.3 is 0 Å². The smallest absolute Gasteiger partial charge is 0.245 e. The number of methoxy groups -OCH3 is 2. The van der Waals surface area contributed by atoms with Gasteiger partial charge in [0.1, 0.15) is 17.7 Å². The summed E-state index contributed by atoms with van der Waals surface area (Å²) < 4.78 is 39.9. The maximum atomic E-state index is 14.2. The van der Waals surface area contributed by atoms with Gasteiger partial charge in [0.15, 0.2) is 0 Å². The summed E-state index contributed by atoms with van der Waals surface area (Å²) in [5.41, 5.74) is -0.122. The van der Waals surface area contributed by atoms with Crippen LogP contribution in [0.25, 0.3) is 0 Å². The number of rotatable bonds is 20. The second-order valence-corrected chi connectivity index (χ2v) is 15.4. The van der Waals surface area contributed by atoms with Gasteiger partial charge in [-0.3, -0.25) is 24.1 Å². The van der Waals surface area contributed by atoms with Crippen LogP contribution in [0.5, 0.6) is 0 Å². The summed E-state index contributed by atoms with van der Waals surface area (Å²) in [5.74, 6) is -3.75. The number of hydrogen-bond acceptors (Lipinski definition) is 8. The van der Waals surface area contributed by atoms with Crippen LogP contribution in [-0.2, 0) is 35.1 Å². The molecule has 4 amide bonds. The fourth-order valence-electron chi connectivity index (χ4n) is 7.65. The summed E-state index contributed by atoms with van der Waals surface area (Å²) in [5, 5.41) is 16.5. The van der Waals surface area contributed by atoms with Crippen LogP contribution in [0.4, 0.5) is 8.78 Å². The van der Waals surface area contributed by atoms with Crippen LogP contribution in [0.1, 0.15) is 73.3 Å². The largest absolute Gasteiger partial charge is 0.391 e. The molecule has 3 N–H and O–H groups in total. The first-order chi connectivity index (χ1) is 24.8. The molecule has 1 aromatic carbocycles. The summed E-state index contributed by atoms with van der Waals surface area (Å²) in [4.78, 5) is 59.9. The van der Waals surface area contributed by atoms with E-state index in [9.17, 15) is 33.1 Å². The molecule has 1 fully saturated rings. The Morgan fingerprint density at radius 1 is 0.962 bits per heavy atom. The zero-order chi connectivity index (χ0) is 40.3. The molecular formula is C39H65F2N5O7. The number of amides is 4. The van der Waals surface area contributed by atoms with Crippen molar-refractivity contribution < 1.29 is 42.5 Å². The summed E-state index contributed by atoms with van der Waals surface area (Å²) in [6.07, 6.45) is -1.71. The molecular weight excluding hydrogens is 688 g/mol. The van der Waals surface area contributed by atoms with Crippen molar-refractivity contribution in [2.24, 2.45) is 23.7 Å². The fraction of sp³-hybridized carbons (Fsp3) is 0.744. The monoisotopic (exact) mass is 753 g/mol. The van der Waals surface area contributed by atoms with Gasteiger partial charge in [0.25, 0.3) is 0 Å². The number of likely N-dealkylation sites (N-methyl/N-ethyl adjacent to an activating group) is 2. The van der Waals surface area contributed by atoms with E-state index >= 15 is 0 Å². The third-order valence-electron chi connectivity index (χ3n) is 10.7. The van der Waals surface area contributed by atoms with Crippen molar-refractivity contribution in [3.63, 3.8) is 0 Å². The number of nitrogens with one attached hydrogen (secondary N) is 2. The van der Waals surface area contributed by atoms with Crippen molar-refractivity contribution >= 4 is 23.6 Å². The molecule has 0 aliphatic carbocycles. The standard InChI is InChI=1S/C39H65F2N5O7/c1-13-24(6)35(45(10)39(51)33(22(2)3)43-38(50)34(23(4)5)44(8)9)31(52-11)20-32(48)46-21-26(47)19-30(46)36(53-12)25(7)37(49)42-18-17-27-28(40)15-14-16-29(27)41/h14-16,22-26,30-31,33-36,47H,13,17-21H2,1-12H3,(H,42,49)(H,43,50)/t24?,25-,26+,30+,31-,33?,34+,35+,36-/m1/s1. The van der Waals surface area contributed by atoms with Crippen molar-refractivity contribution in [1.82, 2.24) is 25.3 Å². The quantitative estimate of drug-likeness (QED) is 0.185. The molecule has 1 heterocycles. The third kappa shape index (κ3) is 11.9. The van der Waals surface area contributed by atoms with Gasteiger partial charge in [-0.15, -0.1) is 0 Å². The Bertz CT molecular complexity index is 1340. The van der Waals surface area contributed by atoms with Crippen LogP contribution in [0.3, 0.4) is 0 Å². The van der Waals surface area contributed by atoms with Gasteiger partial charge in [0.2, 0.25) is 23.6 Å². The second kappa shape index (κ2) is 21.0. The molecule has 14 heteroatoms. The molecule has 1 saturated heterocycles. The zero-order valence-electron chi connectivity index (χ0n) is 33.8. The highest BCUT2D eigenvalue weighted by molar-refractivity contribution is 5.90. The van der Waals surface area contributed by atoms with Crippen LogP contribution >= 0.6 is 0 Å². The predicted molar refractivity (Wildman–Crippen MR) is 200 cm³/mol. The number of nitrogens with zero attached hydrogens (tertiary/aromatic N) is 3. The van der Waals surface area contributed by atoms with Crippen LogP contribution < -0.4 is 10.6 Å². The topological polar surface area (TPSA) is 141 Å². The predicted octanol–water partition coefficient (Wildman–Crippen LogP) is 3.24. The van der Waals surface area contributed by atoms with Gasteiger partial charge in [-0.2, -0.15) is 0 Å². The van der Waals surface area contributed by atoms with E-state index in [4.69, 9.17) is 9.47 Å². The number of halogens is 2. The molecule has 302 valence electrons. The van der Waals surface area contributed by atoms with E-state index in [2.05, 4.69) is 10.6 Å². The zero-order valence-corrected chi connectivity index (χ0v) is 33.8. The minimum atomic E-state index is -0.858. The van der Waals surface area contributed by atoms with E-state index < -0.39 is 65.9 Å². The van der Waals surface area contributed by atoms with Crippen molar-refractivity contribution in [2.75, 3.05) is 48.5 Å². The molecule has 1 aromatic rings. The number of ether oxygens (including phenoxy) is 2. The average molecular weight is 754 g/mol. The van der Waals surface area contributed by atoms with E-state index in [1.807, 2.05) is 60.5 Å². The van der Waals surface area contributed by atoms with Gasteiger partial charge in [-0.25, -0.2) is 8.78 Å². The van der Waals surface area contributed by atoms with Crippen molar-refractivity contribution in [2.45, 2.75) is 117 Å². The van der Waals surface area contributed by atoms with Gasteiger partial charge in [0, 0.05) is 39.9 Å². The normalized spacial score (nSPS) is 20.2. The molecule has 0 aromatic heterocycles. The minimum absolute atomic E-state index is 0.0124. The highest BCUT2D eigenvalue weighted by atomic mass is 19.1. The number of aliphatic hydroxyl groups excluding tert-OH is 1. The van der Waals surface area contributed by atoms with Gasteiger partial charge in [-0.1, -0.05) is 61.0 Å². The van der Waals surface area contributed by atoms with Crippen molar-refractivity contribution in [3.05, 3.63) is 35.4 Å². The first-order valence-electron chi connectivity index (χ1n) is 18.8. The number of hydrogen-bond donors (Lipinski definition) is 3. The van der Waals surface area contributed by atoms with E-state index in [0.717, 1.165) is 12.1 Å². The highest BCUT2D eigenvalue weighted by Gasteiger charge is 2.45. The number of aliphatic hydroxyl groups is 1. The molecule has 12 nitrogen and oxygen atoms in total. The number of β-amino-alcohol motifs (C(OH)–C–C–N with tert-alkyl or cyclic N) is 1. The van der Waals surface area contributed by atoms with Crippen LogP contribution in [0.2, 0.25) is 0 Å². The highest BCUT2D eigenvalue weighted by Crippen LogP contribution is 2.30. The van der Waals surface area contributed by atoms with Crippen molar-refractivity contribution in [3.8, 4) is 0 Å². The summed E-state index contributed by atoms with van der Waals surface area (Å²) in [7, 11) is 8.25. The average Bonchev–Trinajstić information content (AvgIpc) is 3.48. The Balaban J connectivity index is 2.26. The molecule has 0 radical (unpaired) electrons. The maximum absolute atomic E-state index is 14.2. The number of benzene rings is 1. The van der Waals surface area contributed by atoms with Crippen LogP contribution in [0, 0.1) is 35.3 Å². The van der Waals surface area contributed by atoms with E-state index in [0.29, 0.717) is 6.42 Å². The SMILES string of the molecule is CCC(C)[C@@H]([C@@H](CC(=O)N1C[C@@H](O)C[C@H]1[C@H](OC)[C@@H](C)C(=O)NCCc1c(F)cccc1F)OC)N(C)C(=O)C(NC(=O)[C@H](C(C)C)N(C)C)C(C)C. The van der Waals surface area contributed by atoms with Crippen LogP contribution in [-0.4, -0.2) is 134 Å². The minimum Gasteiger partial charge on any atom is -0.391 e. The molecule has 0 bridgehead atoms. The molecule has 2 unspecified atom stereocenters. The van der Waals surface area contributed by atoms with E-state index in [1.165, 1.54) is 25.2 Å². The van der Waals surface area contributed by atoms with Gasteiger partial charge in [0.05, 0.1) is 48.8 Å². The molecule has 1 aliphatic rings. The Morgan fingerprint density at radius 2 is 1.57 bits per heavy atom. The lowest BCUT2D eigenvalue weighted by Crippen LogP contribution is -2.59. The molecule has 53 heavy (non-hydrogen) atoms. The number of likely N-dealkylation sites (tertiary alicyclic amines) is 1. The molecule has 0 spiro atoms. The lowest BCUT2D eigenvalue weighted by molar-refractivity contribution is -0.148. The second-order valence-electron chi connectivity index (χ2n) is 15.4. The van der Waals surface area contributed by atoms with Crippen molar-refractivity contribution in [1.29, 1.82) is 0 Å². The molecule has 0 saturated carbocycles.